The van der Waals surface area contributed by atoms with Gasteiger partial charge in [0.15, 0.2) is 0 Å². The van der Waals surface area contributed by atoms with Gasteiger partial charge in [-0.05, 0) is 50.6 Å². The summed E-state index contributed by atoms with van der Waals surface area (Å²) in [6.07, 6.45) is 1.61. The van der Waals surface area contributed by atoms with E-state index in [1.165, 1.54) is 25.2 Å². The van der Waals surface area contributed by atoms with Crippen molar-refractivity contribution in [2.45, 2.75) is 110 Å². The van der Waals surface area contributed by atoms with E-state index < -0.39 is 42.0 Å². The lowest BCUT2D eigenvalue weighted by atomic mass is 9.73. The highest BCUT2D eigenvalue weighted by molar-refractivity contribution is 7.09. The molecule has 39 heavy (non-hydrogen) atoms. The zero-order valence-electron chi connectivity index (χ0n) is 23.6. The molecule has 0 radical (unpaired) electrons. The molecule has 11 nitrogen and oxygen atoms in total. The Morgan fingerprint density at radius 1 is 1.36 bits per heavy atom. The Balaban J connectivity index is 1.89. The molecule has 12 heteroatoms. The fraction of sp³-hybridized carbons (Fsp3) is 0.741. The van der Waals surface area contributed by atoms with E-state index in [0.717, 1.165) is 18.4 Å². The Bertz CT molecular complexity index is 1080. The van der Waals surface area contributed by atoms with Crippen molar-refractivity contribution < 1.29 is 34.8 Å². The van der Waals surface area contributed by atoms with Gasteiger partial charge in [0, 0.05) is 16.2 Å². The second-order valence-corrected chi connectivity index (χ2v) is 12.4. The van der Waals surface area contributed by atoms with Crippen molar-refractivity contribution in [3.05, 3.63) is 32.1 Å². The zero-order chi connectivity index (χ0) is 29.5. The van der Waals surface area contributed by atoms with E-state index in [4.69, 9.17) is 15.4 Å². The van der Waals surface area contributed by atoms with E-state index in [0.29, 0.717) is 23.5 Å². The smallest absolute Gasteiger partial charge is 0.306 e. The lowest BCUT2D eigenvalue weighted by Gasteiger charge is -2.34. The van der Waals surface area contributed by atoms with Crippen LogP contribution in [0.5, 0.6) is 0 Å². The van der Waals surface area contributed by atoms with E-state index in [9.17, 15) is 24.9 Å². The molecule has 0 aliphatic carbocycles. The molecule has 7 atom stereocenters. The lowest BCUT2D eigenvalue weighted by molar-refractivity contribution is -0.147. The number of rotatable bonds is 17. The summed E-state index contributed by atoms with van der Waals surface area (Å²) in [4.78, 5) is 31.2. The number of ether oxygens (including phenoxy) is 1. The van der Waals surface area contributed by atoms with Gasteiger partial charge in [0.1, 0.15) is 10.8 Å². The maximum absolute atomic E-state index is 13.0. The number of Topliss-reactive ketones (excluding diaryl/α,β-unsaturated/α-hetero) is 1. The number of aromatic nitrogens is 1. The molecule has 0 amide bonds. The number of azide groups is 1. The Morgan fingerprint density at radius 2 is 2.03 bits per heavy atom. The van der Waals surface area contributed by atoms with Crippen molar-refractivity contribution in [3.8, 4) is 0 Å². The van der Waals surface area contributed by atoms with Crippen molar-refractivity contribution in [1.29, 1.82) is 0 Å². The average molecular weight is 567 g/mol. The summed E-state index contributed by atoms with van der Waals surface area (Å²) in [5.74, 6) is -2.51. The molecule has 1 aliphatic heterocycles. The van der Waals surface area contributed by atoms with Gasteiger partial charge in [-0.15, -0.1) is 11.3 Å². The minimum absolute atomic E-state index is 0.0861. The predicted octanol–water partition coefficient (Wildman–Crippen LogP) is 4.50. The highest BCUT2D eigenvalue weighted by Crippen LogP contribution is 2.45. The Labute approximate surface area is 233 Å². The van der Waals surface area contributed by atoms with E-state index >= 15 is 0 Å². The van der Waals surface area contributed by atoms with Gasteiger partial charge in [0.05, 0.1) is 54.1 Å². The molecule has 218 valence electrons. The van der Waals surface area contributed by atoms with Crippen LogP contribution in [0.2, 0.25) is 0 Å². The number of carbonyl (C=O) groups is 2. The van der Waals surface area contributed by atoms with E-state index in [1.807, 2.05) is 32.2 Å². The van der Waals surface area contributed by atoms with E-state index in [1.54, 1.807) is 6.92 Å². The Kier molecular flexibility index (Phi) is 11.7. The third-order valence-corrected chi connectivity index (χ3v) is 8.80. The normalized spacial score (nSPS) is 23.3. The number of epoxide rings is 1. The zero-order valence-corrected chi connectivity index (χ0v) is 24.4. The van der Waals surface area contributed by atoms with Crippen molar-refractivity contribution in [2.24, 2.45) is 22.4 Å². The van der Waals surface area contributed by atoms with Crippen molar-refractivity contribution in [3.63, 3.8) is 0 Å². The van der Waals surface area contributed by atoms with Crippen molar-refractivity contribution in [1.82, 2.24) is 4.98 Å². The van der Waals surface area contributed by atoms with Crippen LogP contribution in [0, 0.1) is 17.3 Å². The summed E-state index contributed by atoms with van der Waals surface area (Å²) >= 11 is 1.36. The number of thiazole rings is 1. The Hall–Kier alpha value is -2.34. The average Bonchev–Trinajstić information content (AvgIpc) is 3.28. The number of aliphatic hydroxyl groups excluding tert-OH is 3. The molecule has 2 rings (SSSR count). The first kappa shape index (κ1) is 32.9. The highest BCUT2D eigenvalue weighted by Gasteiger charge is 2.52. The Morgan fingerprint density at radius 3 is 2.59 bits per heavy atom. The van der Waals surface area contributed by atoms with Gasteiger partial charge in [-0.25, -0.2) is 4.98 Å². The van der Waals surface area contributed by atoms with E-state index in [-0.39, 0.29) is 30.0 Å². The van der Waals surface area contributed by atoms with Gasteiger partial charge in [0.25, 0.3) is 0 Å². The largest absolute Gasteiger partial charge is 0.481 e. The maximum atomic E-state index is 13.0. The summed E-state index contributed by atoms with van der Waals surface area (Å²) in [6, 6.07) is -0.395. The van der Waals surface area contributed by atoms with Gasteiger partial charge in [-0.1, -0.05) is 44.8 Å². The fourth-order valence-corrected chi connectivity index (χ4v) is 5.57. The first-order chi connectivity index (χ1) is 18.2. The fourth-order valence-electron chi connectivity index (χ4n) is 4.96. The summed E-state index contributed by atoms with van der Waals surface area (Å²) in [5.41, 5.74) is 8.97. The monoisotopic (exact) mass is 566 g/mol. The summed E-state index contributed by atoms with van der Waals surface area (Å²) < 4.78 is 5.98. The first-order valence-electron chi connectivity index (χ1n) is 13.2. The van der Waals surface area contributed by atoms with Gasteiger partial charge in [-0.3, -0.25) is 9.59 Å². The molecule has 4 N–H and O–H groups in total. The highest BCUT2D eigenvalue weighted by atomic mass is 32.1. The molecule has 1 aromatic rings. The molecule has 1 fully saturated rings. The number of hydrogen-bond donors (Lipinski definition) is 4. The van der Waals surface area contributed by atoms with Gasteiger partial charge in [-0.2, -0.15) is 0 Å². The van der Waals surface area contributed by atoms with Crippen LogP contribution in [0.25, 0.3) is 16.5 Å². The van der Waals surface area contributed by atoms with Crippen LogP contribution in [0.3, 0.4) is 0 Å². The number of carbonyl (C=O) groups excluding carboxylic acids is 1. The van der Waals surface area contributed by atoms with Crippen LogP contribution in [0.4, 0.5) is 0 Å². The van der Waals surface area contributed by atoms with Crippen LogP contribution >= 0.6 is 11.3 Å². The van der Waals surface area contributed by atoms with Gasteiger partial charge in [0.2, 0.25) is 0 Å². The van der Waals surface area contributed by atoms with Crippen LogP contribution in [-0.2, 0) is 20.9 Å². The summed E-state index contributed by atoms with van der Waals surface area (Å²) in [5, 5.41) is 45.6. The van der Waals surface area contributed by atoms with Crippen LogP contribution in [0.1, 0.15) is 84.3 Å². The minimum Gasteiger partial charge on any atom is -0.481 e. The third-order valence-electron chi connectivity index (χ3n) is 7.95. The van der Waals surface area contributed by atoms with Crippen LogP contribution in [-0.4, -0.2) is 67.1 Å². The second kappa shape index (κ2) is 13.8. The number of carboxylic acid groups (broad SMARTS) is 1. The molecule has 1 unspecified atom stereocenters. The lowest BCUT2D eigenvalue weighted by Crippen LogP contribution is -2.45. The van der Waals surface area contributed by atoms with Gasteiger partial charge < -0.3 is 25.2 Å². The van der Waals surface area contributed by atoms with E-state index in [2.05, 4.69) is 15.0 Å². The van der Waals surface area contributed by atoms with Gasteiger partial charge >= 0.3 is 5.97 Å². The van der Waals surface area contributed by atoms with Crippen LogP contribution in [0.15, 0.2) is 16.1 Å². The maximum Gasteiger partial charge on any atom is 0.306 e. The number of aliphatic carboxylic acids is 1. The SMILES string of the molecule is CC(=Cc1csc(CO)n1)C(C[C@@H]1O[C@]1(C)CCC[C@H](C)[C@H](O)[C@@H](C)C(=O)C(C)(C)[C@@H](O)CC(=O)O)N=[N+]=[N-]. The molecule has 0 bridgehead atoms. The molecular weight excluding hydrogens is 524 g/mol. The van der Waals surface area contributed by atoms with Crippen molar-refractivity contribution >= 4 is 29.2 Å². The van der Waals surface area contributed by atoms with Crippen molar-refractivity contribution in [2.75, 3.05) is 0 Å². The number of nitrogens with zero attached hydrogens (tertiary/aromatic N) is 4. The molecule has 1 aromatic heterocycles. The second-order valence-electron chi connectivity index (χ2n) is 11.4. The van der Waals surface area contributed by atoms with Crippen LogP contribution < -0.4 is 0 Å². The standard InChI is InChI=1S/C27H42N4O7S/c1-15(24(36)17(3)25(37)26(4,5)20(33)12-23(34)35)8-7-9-27(6)21(38-27)11-19(30-31-28)16(2)10-18-14-39-22(13-32)29-18/h10,14-15,17,19-21,24,32-33,36H,7-9,11-13H2,1-6H3,(H,34,35)/t15-,17+,19?,20-,21-,24-,27+/m0/s1. The topological polar surface area (TPSA) is 189 Å². The summed E-state index contributed by atoms with van der Waals surface area (Å²) in [6.45, 7) is 10.3. The number of ketones is 1. The molecule has 1 saturated heterocycles. The molecule has 2 heterocycles. The number of carboxylic acids is 1. The quantitative estimate of drug-likeness (QED) is 0.0917. The minimum atomic E-state index is -1.34. The molecule has 0 aromatic carbocycles. The molecular formula is C27H42N4O7S. The first-order valence-corrected chi connectivity index (χ1v) is 14.1. The third kappa shape index (κ3) is 8.83. The summed E-state index contributed by atoms with van der Waals surface area (Å²) in [7, 11) is 0. The molecule has 1 aliphatic rings. The number of aliphatic hydroxyl groups is 3. The number of hydrogen-bond acceptors (Lipinski definition) is 9. The predicted molar refractivity (Wildman–Crippen MR) is 148 cm³/mol. The molecule has 0 spiro atoms. The molecule has 0 saturated carbocycles.